The summed E-state index contributed by atoms with van der Waals surface area (Å²) < 4.78 is 4.22. The molecule has 0 amide bonds. The summed E-state index contributed by atoms with van der Waals surface area (Å²) in [6.45, 7) is 6.30. The molecule has 0 bridgehead atoms. The van der Waals surface area contributed by atoms with Crippen LogP contribution in [-0.2, 0) is 4.65 Å². The third-order valence-corrected chi connectivity index (χ3v) is 2.24. The van der Waals surface area contributed by atoms with E-state index >= 15 is 0 Å². The number of hydrogen-bond donors (Lipinski definition) is 2. The van der Waals surface area contributed by atoms with Gasteiger partial charge >= 0.3 is 7.32 Å². The van der Waals surface area contributed by atoms with Gasteiger partial charge in [0.05, 0.1) is 6.11 Å². The topological polar surface area (TPSA) is 49.7 Å². The molecule has 0 atom stereocenters. The van der Waals surface area contributed by atoms with E-state index in [4.69, 9.17) is 10.0 Å². The molecule has 0 unspecified atom stereocenters. The van der Waals surface area contributed by atoms with E-state index in [1.165, 1.54) is 0 Å². The van der Waals surface area contributed by atoms with Crippen LogP contribution in [-0.4, -0.2) is 26.9 Å². The first kappa shape index (κ1) is 10.6. The smallest absolute Gasteiger partial charge is 0.463 e. The van der Waals surface area contributed by atoms with Gasteiger partial charge in [0.1, 0.15) is 9.52 Å². The van der Waals surface area contributed by atoms with Crippen LogP contribution < -0.4 is 0 Å². The van der Waals surface area contributed by atoms with Gasteiger partial charge in [0.2, 0.25) is 0 Å². The fourth-order valence-corrected chi connectivity index (χ4v) is 1.08. The third-order valence-electron chi connectivity index (χ3n) is 0.855. The summed E-state index contributed by atoms with van der Waals surface area (Å²) >= 11 is 0. The SMILES string of the molecule is CC(C)(C)[SiH2]C#COB(O)O. The molecule has 0 heterocycles. The first-order chi connectivity index (χ1) is 4.92. The van der Waals surface area contributed by atoms with Crippen molar-refractivity contribution in [3.05, 3.63) is 0 Å². The van der Waals surface area contributed by atoms with E-state index < -0.39 is 16.8 Å². The largest absolute Gasteiger partial charge is 0.716 e. The lowest BCUT2D eigenvalue weighted by Crippen LogP contribution is -2.13. The Morgan fingerprint density at radius 3 is 2.27 bits per heavy atom. The average Bonchev–Trinajstić information content (AvgIpc) is 1.78. The van der Waals surface area contributed by atoms with Gasteiger partial charge in [-0.15, -0.1) is 0 Å². The first-order valence-corrected chi connectivity index (χ1v) is 4.83. The van der Waals surface area contributed by atoms with Crippen LogP contribution in [0.3, 0.4) is 0 Å². The van der Waals surface area contributed by atoms with Crippen LogP contribution in [0.1, 0.15) is 20.8 Å². The van der Waals surface area contributed by atoms with E-state index in [9.17, 15) is 0 Å². The van der Waals surface area contributed by atoms with Crippen molar-refractivity contribution in [2.75, 3.05) is 0 Å². The molecule has 0 aliphatic heterocycles. The quantitative estimate of drug-likeness (QED) is 0.405. The van der Waals surface area contributed by atoms with Crippen molar-refractivity contribution in [1.82, 2.24) is 0 Å². The molecule has 0 saturated heterocycles. The van der Waals surface area contributed by atoms with E-state index in [0.29, 0.717) is 0 Å². The molecule has 62 valence electrons. The summed E-state index contributed by atoms with van der Waals surface area (Å²) in [5.41, 5.74) is 2.80. The van der Waals surface area contributed by atoms with E-state index in [2.05, 4.69) is 37.1 Å². The highest BCUT2D eigenvalue weighted by Gasteiger charge is 2.09. The highest BCUT2D eigenvalue weighted by molar-refractivity contribution is 6.49. The maximum atomic E-state index is 8.23. The minimum Gasteiger partial charge on any atom is -0.463 e. The Hall–Kier alpha value is -0.438. The van der Waals surface area contributed by atoms with Crippen LogP contribution >= 0.6 is 0 Å². The van der Waals surface area contributed by atoms with E-state index in [1.807, 2.05) is 0 Å². The van der Waals surface area contributed by atoms with Crippen molar-refractivity contribution in [2.24, 2.45) is 0 Å². The molecule has 5 heteroatoms. The van der Waals surface area contributed by atoms with Crippen molar-refractivity contribution < 1.29 is 14.7 Å². The Morgan fingerprint density at radius 1 is 1.36 bits per heavy atom. The zero-order valence-electron chi connectivity index (χ0n) is 7.09. The average molecular weight is 172 g/mol. The molecule has 0 fully saturated rings. The monoisotopic (exact) mass is 172 g/mol. The van der Waals surface area contributed by atoms with Crippen molar-refractivity contribution in [2.45, 2.75) is 25.8 Å². The van der Waals surface area contributed by atoms with Crippen LogP contribution in [0.2, 0.25) is 5.04 Å². The highest BCUT2D eigenvalue weighted by Crippen LogP contribution is 2.18. The Labute approximate surface area is 69.8 Å². The van der Waals surface area contributed by atoms with Gasteiger partial charge in [-0.05, 0) is 5.04 Å². The standard InChI is InChI=1S/C6H13BO3Si/c1-6(2,3)11-5-4-10-7(8)9/h8-9H,11H2,1-3H3. The van der Waals surface area contributed by atoms with Crippen LogP contribution in [0.15, 0.2) is 0 Å². The van der Waals surface area contributed by atoms with Crippen molar-refractivity contribution >= 4 is 16.8 Å². The molecule has 0 rings (SSSR count). The zero-order valence-corrected chi connectivity index (χ0v) is 8.50. The molecular weight excluding hydrogens is 159 g/mol. The molecule has 11 heavy (non-hydrogen) atoms. The molecule has 0 spiro atoms. The summed E-state index contributed by atoms with van der Waals surface area (Å²) in [4.78, 5) is 0. The second-order valence-corrected chi connectivity index (χ2v) is 6.29. The van der Waals surface area contributed by atoms with E-state index in [0.717, 1.165) is 0 Å². The highest BCUT2D eigenvalue weighted by atomic mass is 28.2. The van der Waals surface area contributed by atoms with Gasteiger partial charge < -0.3 is 14.7 Å². The lowest BCUT2D eigenvalue weighted by atomic mass is 10.3. The van der Waals surface area contributed by atoms with Crippen LogP contribution in [0, 0.1) is 11.7 Å². The van der Waals surface area contributed by atoms with E-state index in [1.54, 1.807) is 0 Å². The molecule has 0 aliphatic carbocycles. The summed E-state index contributed by atoms with van der Waals surface area (Å²) in [6.07, 6.45) is 2.25. The van der Waals surface area contributed by atoms with Crippen molar-refractivity contribution in [3.63, 3.8) is 0 Å². The normalized spacial score (nSPS) is 11.0. The van der Waals surface area contributed by atoms with Crippen LogP contribution in [0.5, 0.6) is 0 Å². The fourth-order valence-electron chi connectivity index (χ4n) is 0.396. The second kappa shape index (κ2) is 4.44. The van der Waals surface area contributed by atoms with Gasteiger partial charge in [-0.25, -0.2) is 0 Å². The number of rotatable bonds is 1. The molecule has 3 nitrogen and oxygen atoms in total. The van der Waals surface area contributed by atoms with Crippen molar-refractivity contribution in [1.29, 1.82) is 0 Å². The molecule has 0 aromatic carbocycles. The Balaban J connectivity index is 3.57. The maximum Gasteiger partial charge on any atom is 0.716 e. The van der Waals surface area contributed by atoms with Gasteiger partial charge in [0, 0.05) is 0 Å². The molecule has 0 saturated carbocycles. The van der Waals surface area contributed by atoms with E-state index in [-0.39, 0.29) is 5.04 Å². The molecule has 0 radical (unpaired) electrons. The van der Waals surface area contributed by atoms with Gasteiger partial charge in [-0.2, -0.15) is 0 Å². The number of hydrogen-bond acceptors (Lipinski definition) is 3. The summed E-state index contributed by atoms with van der Waals surface area (Å²) in [5, 5.41) is 16.7. The van der Waals surface area contributed by atoms with Crippen LogP contribution in [0.4, 0.5) is 0 Å². The van der Waals surface area contributed by atoms with Crippen molar-refractivity contribution in [3.8, 4) is 11.7 Å². The summed E-state index contributed by atoms with van der Waals surface area (Å²) in [5.74, 6) is 0. The molecular formula is C6H13BO3Si. The van der Waals surface area contributed by atoms with Gasteiger partial charge in [0.25, 0.3) is 0 Å². The molecule has 0 aliphatic rings. The zero-order chi connectivity index (χ0) is 8.91. The molecule has 2 N–H and O–H groups in total. The predicted octanol–water partition coefficient (Wildman–Crippen LogP) is -0.722. The maximum absolute atomic E-state index is 8.23. The fraction of sp³-hybridized carbons (Fsp3) is 0.667. The lowest BCUT2D eigenvalue weighted by Gasteiger charge is -2.11. The lowest BCUT2D eigenvalue weighted by molar-refractivity contribution is 0.271. The predicted molar refractivity (Wildman–Crippen MR) is 47.3 cm³/mol. The molecule has 0 aromatic rings. The third kappa shape index (κ3) is 9.56. The first-order valence-electron chi connectivity index (χ1n) is 3.41. The van der Waals surface area contributed by atoms with Crippen LogP contribution in [0.25, 0.3) is 0 Å². The van der Waals surface area contributed by atoms with Gasteiger partial charge in [-0.1, -0.05) is 26.3 Å². The summed E-state index contributed by atoms with van der Waals surface area (Å²) in [6, 6.07) is 0. The second-order valence-electron chi connectivity index (χ2n) is 3.46. The Bertz CT molecular complexity index is 165. The summed E-state index contributed by atoms with van der Waals surface area (Å²) in [7, 11) is -2.27. The minimum atomic E-state index is -1.77. The Kier molecular flexibility index (Phi) is 4.26. The minimum absolute atomic E-state index is 0.261. The van der Waals surface area contributed by atoms with Gasteiger partial charge in [0.15, 0.2) is 0 Å². The molecule has 0 aromatic heterocycles. The van der Waals surface area contributed by atoms with Gasteiger partial charge in [-0.3, -0.25) is 0 Å². The Morgan fingerprint density at radius 2 is 1.91 bits per heavy atom.